The van der Waals surface area contributed by atoms with Crippen LogP contribution in [0.15, 0.2) is 0 Å². The number of amides is 1. The van der Waals surface area contributed by atoms with E-state index in [1.807, 2.05) is 4.90 Å². The largest absolute Gasteiger partial charge is 0.481 e. The predicted octanol–water partition coefficient (Wildman–Crippen LogP) is 1.50. The molecular weight excluding hydrogens is 206 g/mol. The van der Waals surface area contributed by atoms with Crippen molar-refractivity contribution in [2.45, 2.75) is 45.1 Å². The molecule has 1 aliphatic heterocycles. The van der Waals surface area contributed by atoms with Crippen LogP contribution in [0.25, 0.3) is 0 Å². The Hall–Kier alpha value is -1.06. The first-order valence-electron chi connectivity index (χ1n) is 6.12. The predicted molar refractivity (Wildman–Crippen MR) is 58.9 cm³/mol. The lowest BCUT2D eigenvalue weighted by Crippen LogP contribution is -2.42. The van der Waals surface area contributed by atoms with Gasteiger partial charge < -0.3 is 10.0 Å². The Morgan fingerprint density at radius 3 is 2.62 bits per heavy atom. The first-order chi connectivity index (χ1) is 7.59. The van der Waals surface area contributed by atoms with Crippen molar-refractivity contribution in [3.8, 4) is 0 Å². The molecule has 0 aromatic heterocycles. The zero-order valence-corrected chi connectivity index (χ0v) is 9.69. The lowest BCUT2D eigenvalue weighted by molar-refractivity contribution is -0.141. The Morgan fingerprint density at radius 1 is 1.38 bits per heavy atom. The van der Waals surface area contributed by atoms with Crippen molar-refractivity contribution in [2.24, 2.45) is 11.8 Å². The molecule has 0 spiro atoms. The minimum Gasteiger partial charge on any atom is -0.481 e. The topological polar surface area (TPSA) is 57.6 Å². The molecule has 4 heteroatoms. The molecule has 90 valence electrons. The van der Waals surface area contributed by atoms with Crippen molar-refractivity contribution in [1.29, 1.82) is 0 Å². The number of carbonyl (C=O) groups is 2. The van der Waals surface area contributed by atoms with Gasteiger partial charge in [-0.05, 0) is 18.8 Å². The van der Waals surface area contributed by atoms with E-state index in [0.29, 0.717) is 12.5 Å². The molecule has 3 unspecified atom stereocenters. The number of likely N-dealkylation sites (tertiary alicyclic amines) is 1. The number of hydrogen-bond acceptors (Lipinski definition) is 2. The van der Waals surface area contributed by atoms with Crippen LogP contribution in [-0.2, 0) is 9.59 Å². The van der Waals surface area contributed by atoms with Crippen LogP contribution in [0, 0.1) is 11.8 Å². The zero-order valence-electron chi connectivity index (χ0n) is 9.69. The maximum atomic E-state index is 11.8. The molecule has 2 fully saturated rings. The van der Waals surface area contributed by atoms with E-state index in [1.54, 1.807) is 0 Å². The summed E-state index contributed by atoms with van der Waals surface area (Å²) in [6.45, 7) is 2.59. The molecule has 1 aliphatic carbocycles. The van der Waals surface area contributed by atoms with Gasteiger partial charge in [0.25, 0.3) is 0 Å². The van der Waals surface area contributed by atoms with Crippen LogP contribution >= 0.6 is 0 Å². The van der Waals surface area contributed by atoms with Gasteiger partial charge in [-0.25, -0.2) is 0 Å². The lowest BCUT2D eigenvalue weighted by atomic mass is 9.85. The second-order valence-electron chi connectivity index (χ2n) is 5.11. The molecule has 0 bridgehead atoms. The third-order valence-electron chi connectivity index (χ3n) is 3.97. The molecule has 2 rings (SSSR count). The van der Waals surface area contributed by atoms with E-state index in [2.05, 4.69) is 6.92 Å². The van der Waals surface area contributed by atoms with Crippen LogP contribution in [0.3, 0.4) is 0 Å². The number of aliphatic carboxylic acids is 1. The van der Waals surface area contributed by atoms with Crippen LogP contribution in [0.5, 0.6) is 0 Å². The minimum atomic E-state index is -0.834. The standard InChI is InChI=1S/C12H19NO3/c1-8-4-2-3-5-10(8)13-7-9(12(15)16)6-11(13)14/h8-10H,2-7H2,1H3,(H,15,16). The van der Waals surface area contributed by atoms with E-state index in [4.69, 9.17) is 5.11 Å². The fourth-order valence-electron chi connectivity index (χ4n) is 2.98. The Bertz CT molecular complexity index is 303. The lowest BCUT2D eigenvalue weighted by Gasteiger charge is -2.36. The van der Waals surface area contributed by atoms with Crippen molar-refractivity contribution < 1.29 is 14.7 Å². The Labute approximate surface area is 95.6 Å². The molecule has 4 nitrogen and oxygen atoms in total. The average molecular weight is 225 g/mol. The second kappa shape index (κ2) is 4.44. The van der Waals surface area contributed by atoms with E-state index >= 15 is 0 Å². The van der Waals surface area contributed by atoms with Crippen molar-refractivity contribution >= 4 is 11.9 Å². The van der Waals surface area contributed by atoms with Gasteiger partial charge in [0.05, 0.1) is 5.92 Å². The zero-order chi connectivity index (χ0) is 11.7. The number of nitrogens with zero attached hydrogens (tertiary/aromatic N) is 1. The molecule has 1 saturated carbocycles. The minimum absolute atomic E-state index is 0.0335. The number of rotatable bonds is 2. The molecule has 1 amide bonds. The first kappa shape index (κ1) is 11.4. The third kappa shape index (κ3) is 2.06. The van der Waals surface area contributed by atoms with E-state index in [9.17, 15) is 9.59 Å². The summed E-state index contributed by atoms with van der Waals surface area (Å²) in [4.78, 5) is 24.5. The normalized spacial score (nSPS) is 35.4. The van der Waals surface area contributed by atoms with Crippen LogP contribution in [0.2, 0.25) is 0 Å². The van der Waals surface area contributed by atoms with E-state index in [-0.39, 0.29) is 18.4 Å². The summed E-state index contributed by atoms with van der Waals surface area (Å²) in [7, 11) is 0. The smallest absolute Gasteiger partial charge is 0.308 e. The quantitative estimate of drug-likeness (QED) is 0.774. The van der Waals surface area contributed by atoms with Crippen molar-refractivity contribution in [2.75, 3.05) is 6.54 Å². The highest BCUT2D eigenvalue weighted by Crippen LogP contribution is 2.32. The van der Waals surface area contributed by atoms with Gasteiger partial charge in [-0.2, -0.15) is 0 Å². The summed E-state index contributed by atoms with van der Waals surface area (Å²) in [5, 5.41) is 8.93. The van der Waals surface area contributed by atoms with Crippen LogP contribution in [0.4, 0.5) is 0 Å². The molecular formula is C12H19NO3. The van der Waals surface area contributed by atoms with Gasteiger partial charge >= 0.3 is 5.97 Å². The summed E-state index contributed by atoms with van der Waals surface area (Å²) >= 11 is 0. The highest BCUT2D eigenvalue weighted by atomic mass is 16.4. The first-order valence-corrected chi connectivity index (χ1v) is 6.12. The van der Waals surface area contributed by atoms with Gasteiger partial charge in [0, 0.05) is 19.0 Å². The highest BCUT2D eigenvalue weighted by Gasteiger charge is 2.39. The molecule has 3 atom stereocenters. The number of carboxylic acid groups (broad SMARTS) is 1. The summed E-state index contributed by atoms with van der Waals surface area (Å²) < 4.78 is 0. The van der Waals surface area contributed by atoms with Gasteiger partial charge in [-0.15, -0.1) is 0 Å². The molecule has 0 aromatic rings. The van der Waals surface area contributed by atoms with Crippen LogP contribution < -0.4 is 0 Å². The molecule has 1 N–H and O–H groups in total. The maximum Gasteiger partial charge on any atom is 0.308 e. The summed E-state index contributed by atoms with van der Waals surface area (Å²) in [6, 6.07) is 0.283. The monoisotopic (exact) mass is 225 g/mol. The van der Waals surface area contributed by atoms with Crippen molar-refractivity contribution in [3.05, 3.63) is 0 Å². The number of carbonyl (C=O) groups excluding carboxylic acids is 1. The van der Waals surface area contributed by atoms with Crippen LogP contribution in [-0.4, -0.2) is 34.5 Å². The van der Waals surface area contributed by atoms with Crippen molar-refractivity contribution in [1.82, 2.24) is 4.90 Å². The van der Waals surface area contributed by atoms with Crippen LogP contribution in [0.1, 0.15) is 39.0 Å². The second-order valence-corrected chi connectivity index (χ2v) is 5.11. The van der Waals surface area contributed by atoms with Crippen molar-refractivity contribution in [3.63, 3.8) is 0 Å². The Kier molecular flexibility index (Phi) is 3.17. The molecule has 2 aliphatic rings. The van der Waals surface area contributed by atoms with Gasteiger partial charge in [0.1, 0.15) is 0 Å². The fraction of sp³-hybridized carbons (Fsp3) is 0.833. The molecule has 1 saturated heterocycles. The number of carboxylic acids is 1. The van der Waals surface area contributed by atoms with E-state index in [0.717, 1.165) is 19.3 Å². The Balaban J connectivity index is 2.04. The van der Waals surface area contributed by atoms with Gasteiger partial charge in [-0.1, -0.05) is 19.8 Å². The third-order valence-corrected chi connectivity index (χ3v) is 3.97. The van der Waals surface area contributed by atoms with E-state index in [1.165, 1.54) is 6.42 Å². The van der Waals surface area contributed by atoms with E-state index < -0.39 is 11.9 Å². The summed E-state index contributed by atoms with van der Waals surface area (Å²) in [5.74, 6) is -0.766. The van der Waals surface area contributed by atoms with Gasteiger partial charge in [0.15, 0.2) is 0 Å². The molecule has 1 heterocycles. The Morgan fingerprint density at radius 2 is 2.06 bits per heavy atom. The number of hydrogen-bond donors (Lipinski definition) is 1. The van der Waals surface area contributed by atoms with Gasteiger partial charge in [0.2, 0.25) is 5.91 Å². The maximum absolute atomic E-state index is 11.8. The van der Waals surface area contributed by atoms with Gasteiger partial charge in [-0.3, -0.25) is 9.59 Å². The summed E-state index contributed by atoms with van der Waals surface area (Å²) in [5.41, 5.74) is 0. The molecule has 0 radical (unpaired) electrons. The fourth-order valence-corrected chi connectivity index (χ4v) is 2.98. The average Bonchev–Trinajstić information content (AvgIpc) is 2.61. The highest BCUT2D eigenvalue weighted by molar-refractivity contribution is 5.86. The SMILES string of the molecule is CC1CCCCC1N1CC(C(=O)O)CC1=O. The summed E-state index contributed by atoms with van der Waals surface area (Å²) in [6.07, 6.45) is 4.79. The molecule has 0 aromatic carbocycles. The molecule has 16 heavy (non-hydrogen) atoms.